The quantitative estimate of drug-likeness (QED) is 0.865. The van der Waals surface area contributed by atoms with Crippen LogP contribution in [0.2, 0.25) is 5.02 Å². The van der Waals surface area contributed by atoms with Crippen molar-refractivity contribution >= 4 is 35.0 Å². The van der Waals surface area contributed by atoms with Gasteiger partial charge in [0.05, 0.1) is 10.6 Å². The number of nitrogens with zero attached hydrogens (tertiary/aromatic N) is 1. The lowest BCUT2D eigenvalue weighted by molar-refractivity contribution is 0.102. The molecule has 0 bridgehead atoms. The van der Waals surface area contributed by atoms with E-state index >= 15 is 0 Å². The maximum atomic E-state index is 12.1. The number of hydrogen-bond donors (Lipinski definition) is 1. The van der Waals surface area contributed by atoms with E-state index in [4.69, 9.17) is 16.9 Å². The van der Waals surface area contributed by atoms with Crippen LogP contribution in [0.4, 0.5) is 5.69 Å². The lowest BCUT2D eigenvalue weighted by atomic mass is 10.2. The van der Waals surface area contributed by atoms with E-state index in [0.717, 1.165) is 4.90 Å². The van der Waals surface area contributed by atoms with Crippen LogP contribution in [0.5, 0.6) is 0 Å². The van der Waals surface area contributed by atoms with Gasteiger partial charge >= 0.3 is 0 Å². The van der Waals surface area contributed by atoms with Crippen molar-refractivity contribution in [3.05, 3.63) is 58.6 Å². The van der Waals surface area contributed by atoms with Crippen LogP contribution in [0.1, 0.15) is 15.9 Å². The molecule has 0 fully saturated rings. The first-order valence-corrected chi connectivity index (χ1v) is 7.39. The molecule has 20 heavy (non-hydrogen) atoms. The smallest absolute Gasteiger partial charge is 0.255 e. The molecule has 0 unspecified atom stereocenters. The second-order valence-electron chi connectivity index (χ2n) is 3.99. The molecule has 3 nitrogen and oxygen atoms in total. The SMILES string of the molecule is CSc1ccc(C(=O)Nc2ccc(Cl)c(C#N)c2)cc1. The van der Waals surface area contributed by atoms with Crippen LogP contribution < -0.4 is 5.32 Å². The van der Waals surface area contributed by atoms with Gasteiger partial charge in [-0.05, 0) is 48.7 Å². The fraction of sp³-hybridized carbons (Fsp3) is 0.0667. The zero-order valence-corrected chi connectivity index (χ0v) is 12.3. The number of hydrogen-bond acceptors (Lipinski definition) is 3. The first kappa shape index (κ1) is 14.4. The van der Waals surface area contributed by atoms with E-state index < -0.39 is 0 Å². The maximum absolute atomic E-state index is 12.1. The van der Waals surface area contributed by atoms with Gasteiger partial charge in [0.15, 0.2) is 0 Å². The minimum Gasteiger partial charge on any atom is -0.322 e. The minimum atomic E-state index is -0.219. The highest BCUT2D eigenvalue weighted by atomic mass is 35.5. The number of halogens is 1. The molecule has 0 atom stereocenters. The number of nitrogens with one attached hydrogen (secondary N) is 1. The second-order valence-corrected chi connectivity index (χ2v) is 5.28. The van der Waals surface area contributed by atoms with Gasteiger partial charge in [-0.3, -0.25) is 4.79 Å². The first-order chi connectivity index (χ1) is 9.63. The van der Waals surface area contributed by atoms with Crippen LogP contribution >= 0.6 is 23.4 Å². The largest absolute Gasteiger partial charge is 0.322 e. The van der Waals surface area contributed by atoms with Crippen molar-refractivity contribution in [3.8, 4) is 6.07 Å². The molecular weight excluding hydrogens is 292 g/mol. The summed E-state index contributed by atoms with van der Waals surface area (Å²) in [6, 6.07) is 14.1. The van der Waals surface area contributed by atoms with Gasteiger partial charge in [0, 0.05) is 16.1 Å². The molecule has 1 amide bonds. The van der Waals surface area contributed by atoms with Gasteiger partial charge in [-0.1, -0.05) is 11.6 Å². The molecule has 2 aromatic carbocycles. The van der Waals surface area contributed by atoms with Crippen LogP contribution in [-0.4, -0.2) is 12.2 Å². The van der Waals surface area contributed by atoms with E-state index in [2.05, 4.69) is 5.32 Å². The van der Waals surface area contributed by atoms with Crippen LogP contribution in [-0.2, 0) is 0 Å². The first-order valence-electron chi connectivity index (χ1n) is 5.79. The summed E-state index contributed by atoms with van der Waals surface area (Å²) in [6.45, 7) is 0. The van der Waals surface area contributed by atoms with Crippen molar-refractivity contribution in [2.75, 3.05) is 11.6 Å². The van der Waals surface area contributed by atoms with Gasteiger partial charge in [-0.25, -0.2) is 0 Å². The number of anilines is 1. The summed E-state index contributed by atoms with van der Waals surface area (Å²) in [6.07, 6.45) is 1.98. The number of rotatable bonds is 3. The van der Waals surface area contributed by atoms with Crippen molar-refractivity contribution < 1.29 is 4.79 Å². The number of thioether (sulfide) groups is 1. The molecule has 0 heterocycles. The molecule has 0 aliphatic carbocycles. The predicted molar refractivity (Wildman–Crippen MR) is 82.3 cm³/mol. The molecule has 0 aliphatic heterocycles. The topological polar surface area (TPSA) is 52.9 Å². The van der Waals surface area contributed by atoms with Crippen molar-refractivity contribution in [3.63, 3.8) is 0 Å². The van der Waals surface area contributed by atoms with E-state index in [1.807, 2.05) is 24.5 Å². The van der Waals surface area contributed by atoms with Gasteiger partial charge in [0.1, 0.15) is 6.07 Å². The Labute approximate surface area is 126 Å². The summed E-state index contributed by atoms with van der Waals surface area (Å²) in [4.78, 5) is 13.2. The highest BCUT2D eigenvalue weighted by Gasteiger charge is 2.07. The molecule has 0 aromatic heterocycles. The second kappa shape index (κ2) is 6.47. The molecule has 0 spiro atoms. The van der Waals surface area contributed by atoms with E-state index in [0.29, 0.717) is 21.8 Å². The van der Waals surface area contributed by atoms with E-state index in [1.165, 1.54) is 0 Å². The normalized spacial score (nSPS) is 9.85. The van der Waals surface area contributed by atoms with Crippen LogP contribution in [0.3, 0.4) is 0 Å². The van der Waals surface area contributed by atoms with Crippen molar-refractivity contribution in [2.45, 2.75) is 4.90 Å². The highest BCUT2D eigenvalue weighted by molar-refractivity contribution is 7.98. The number of amides is 1. The Balaban J connectivity index is 2.17. The number of carbonyl (C=O) groups excluding carboxylic acids is 1. The Morgan fingerprint density at radius 1 is 1.25 bits per heavy atom. The maximum Gasteiger partial charge on any atom is 0.255 e. The van der Waals surface area contributed by atoms with E-state index in [-0.39, 0.29) is 5.91 Å². The molecule has 0 radical (unpaired) electrons. The standard InChI is InChI=1S/C15H11ClN2OS/c1-20-13-5-2-10(3-6-13)15(19)18-12-4-7-14(16)11(8-12)9-17/h2-8H,1H3,(H,18,19). The van der Waals surface area contributed by atoms with Gasteiger partial charge in [0.2, 0.25) is 0 Å². The lowest BCUT2D eigenvalue weighted by Crippen LogP contribution is -2.11. The highest BCUT2D eigenvalue weighted by Crippen LogP contribution is 2.20. The van der Waals surface area contributed by atoms with Crippen LogP contribution in [0.25, 0.3) is 0 Å². The van der Waals surface area contributed by atoms with E-state index in [9.17, 15) is 4.79 Å². The Morgan fingerprint density at radius 3 is 2.55 bits per heavy atom. The Hall–Kier alpha value is -1.96. The molecule has 100 valence electrons. The van der Waals surface area contributed by atoms with Gasteiger partial charge in [0.25, 0.3) is 5.91 Å². The van der Waals surface area contributed by atoms with Gasteiger partial charge in [-0.2, -0.15) is 5.26 Å². The summed E-state index contributed by atoms with van der Waals surface area (Å²) >= 11 is 7.46. The van der Waals surface area contributed by atoms with Crippen molar-refractivity contribution in [1.82, 2.24) is 0 Å². The van der Waals surface area contributed by atoms with Gasteiger partial charge < -0.3 is 5.32 Å². The number of carbonyl (C=O) groups is 1. The number of benzene rings is 2. The van der Waals surface area contributed by atoms with E-state index in [1.54, 1.807) is 42.1 Å². The molecule has 0 aliphatic rings. The summed E-state index contributed by atoms with van der Waals surface area (Å²) in [5.41, 5.74) is 1.45. The molecule has 0 saturated heterocycles. The van der Waals surface area contributed by atoms with Gasteiger partial charge in [-0.15, -0.1) is 11.8 Å². The third kappa shape index (κ3) is 3.32. The average Bonchev–Trinajstić information content (AvgIpc) is 2.49. The fourth-order valence-corrected chi connectivity index (χ4v) is 2.20. The predicted octanol–water partition coefficient (Wildman–Crippen LogP) is 4.19. The lowest BCUT2D eigenvalue weighted by Gasteiger charge is -2.06. The number of nitriles is 1. The zero-order valence-electron chi connectivity index (χ0n) is 10.7. The Morgan fingerprint density at radius 2 is 1.95 bits per heavy atom. The average molecular weight is 303 g/mol. The summed E-state index contributed by atoms with van der Waals surface area (Å²) in [7, 11) is 0. The molecule has 0 saturated carbocycles. The summed E-state index contributed by atoms with van der Waals surface area (Å²) in [5, 5.41) is 12.0. The molecule has 2 rings (SSSR count). The monoisotopic (exact) mass is 302 g/mol. The molecule has 1 N–H and O–H groups in total. The Bertz CT molecular complexity index is 677. The zero-order chi connectivity index (χ0) is 14.5. The van der Waals surface area contributed by atoms with Crippen molar-refractivity contribution in [1.29, 1.82) is 5.26 Å². The third-order valence-corrected chi connectivity index (χ3v) is 3.77. The molecule has 2 aromatic rings. The third-order valence-electron chi connectivity index (χ3n) is 2.70. The molecular formula is C15H11ClN2OS. The van der Waals surface area contributed by atoms with Crippen LogP contribution in [0.15, 0.2) is 47.4 Å². The summed E-state index contributed by atoms with van der Waals surface area (Å²) in [5.74, 6) is -0.219. The van der Waals surface area contributed by atoms with Crippen LogP contribution in [0, 0.1) is 11.3 Å². The molecule has 5 heteroatoms. The minimum absolute atomic E-state index is 0.219. The summed E-state index contributed by atoms with van der Waals surface area (Å²) < 4.78 is 0. The fourth-order valence-electron chi connectivity index (χ4n) is 1.63. The Kier molecular flexibility index (Phi) is 4.67. The van der Waals surface area contributed by atoms with Crippen molar-refractivity contribution in [2.24, 2.45) is 0 Å².